The van der Waals surface area contributed by atoms with Crippen LogP contribution in [-0.4, -0.2) is 21.4 Å². The molecule has 0 spiro atoms. The Bertz CT molecular complexity index is 1650. The van der Waals surface area contributed by atoms with Crippen molar-refractivity contribution in [2.75, 3.05) is 0 Å². The first-order valence-electron chi connectivity index (χ1n) is 11.4. The summed E-state index contributed by atoms with van der Waals surface area (Å²) in [7, 11) is -8.90. The molecule has 0 radical (unpaired) electrons. The van der Waals surface area contributed by atoms with Crippen molar-refractivity contribution >= 4 is 87.0 Å². The lowest BCUT2D eigenvalue weighted by atomic mass is 9.84. The van der Waals surface area contributed by atoms with Gasteiger partial charge in [-0.2, -0.15) is 16.8 Å². The van der Waals surface area contributed by atoms with Gasteiger partial charge in [0.1, 0.15) is 9.79 Å². The fourth-order valence-corrected chi connectivity index (χ4v) is 10.0. The first-order valence-corrected chi connectivity index (χ1v) is 16.4. The number of hydrogen-bond acceptors (Lipinski definition) is 5. The van der Waals surface area contributed by atoms with Gasteiger partial charge in [0.05, 0.1) is 0 Å². The average molecular weight is 748 g/mol. The van der Waals surface area contributed by atoms with Gasteiger partial charge in [-0.15, -0.1) is 0 Å². The maximum Gasteiger partial charge on any atom is 0.339 e. The van der Waals surface area contributed by atoms with E-state index in [-0.39, 0.29) is 43.0 Å². The quantitative estimate of drug-likeness (QED) is 0.1000. The van der Waals surface area contributed by atoms with Gasteiger partial charge in [-0.25, -0.2) is 0 Å². The summed E-state index contributed by atoms with van der Waals surface area (Å²) < 4.78 is 70.3. The fourth-order valence-electron chi connectivity index (χ4n) is 5.13. The summed E-state index contributed by atoms with van der Waals surface area (Å²) in [6.45, 7) is 0. The molecule has 1 aliphatic carbocycles. The highest BCUT2D eigenvalue weighted by molar-refractivity contribution is 14.1. The fraction of sp³-hybridized carbons (Fsp3) is 0.231. The van der Waals surface area contributed by atoms with E-state index in [4.69, 9.17) is 4.18 Å². The largest absolute Gasteiger partial charge is 0.378 e. The van der Waals surface area contributed by atoms with E-state index in [0.29, 0.717) is 0 Å². The summed E-state index contributed by atoms with van der Waals surface area (Å²) in [5.74, 6) is 0.170. The lowest BCUT2D eigenvalue weighted by Crippen LogP contribution is -2.17. The number of hydrogen-bond donors (Lipinski definition) is 1. The summed E-state index contributed by atoms with van der Waals surface area (Å²) >= 11 is 4.32. The van der Waals surface area contributed by atoms with Crippen molar-refractivity contribution in [2.24, 2.45) is 0 Å². The van der Waals surface area contributed by atoms with Crippen LogP contribution in [0.4, 0.5) is 0 Å². The molecule has 5 rings (SSSR count). The smallest absolute Gasteiger partial charge is 0.339 e. The molecular formula is C26H22I2O6S2. The minimum absolute atomic E-state index is 0.0389. The molecule has 0 heterocycles. The molecule has 1 N–H and O–H groups in total. The molecule has 4 aromatic carbocycles. The Morgan fingerprint density at radius 3 is 1.83 bits per heavy atom. The standard InChI is InChI=1S/C26H22I2O6S2/c27-17-14-22(28)24(16-8-2-1-3-9-16)23(15-17)36(32,33)34-25-18-10-4-6-12-20(18)26(35(29,30)31)21-13-7-5-11-19(21)25/h4-7,10-16H,1-3,8-9H2,(H,29,30,31). The second kappa shape index (κ2) is 10.0. The van der Waals surface area contributed by atoms with Crippen LogP contribution < -0.4 is 4.18 Å². The van der Waals surface area contributed by atoms with E-state index in [1.54, 1.807) is 42.5 Å². The van der Waals surface area contributed by atoms with E-state index >= 15 is 0 Å². The Labute approximate surface area is 237 Å². The molecule has 36 heavy (non-hydrogen) atoms. The van der Waals surface area contributed by atoms with Gasteiger partial charge in [0.2, 0.25) is 0 Å². The Kier molecular flexibility index (Phi) is 7.27. The van der Waals surface area contributed by atoms with Crippen molar-refractivity contribution in [2.45, 2.75) is 47.8 Å². The van der Waals surface area contributed by atoms with Crippen LogP contribution in [0, 0.1) is 7.14 Å². The maximum absolute atomic E-state index is 13.9. The van der Waals surface area contributed by atoms with E-state index in [2.05, 4.69) is 45.2 Å². The van der Waals surface area contributed by atoms with Crippen LogP contribution in [-0.2, 0) is 20.2 Å². The molecule has 10 heteroatoms. The normalized spacial score (nSPS) is 15.4. The predicted octanol–water partition coefficient (Wildman–Crippen LogP) is 7.26. The van der Waals surface area contributed by atoms with Crippen LogP contribution in [0.1, 0.15) is 43.6 Å². The van der Waals surface area contributed by atoms with Gasteiger partial charge in [-0.05, 0) is 81.6 Å². The van der Waals surface area contributed by atoms with Crippen LogP contribution >= 0.6 is 45.2 Å². The van der Waals surface area contributed by atoms with E-state index in [1.165, 1.54) is 12.1 Å². The van der Waals surface area contributed by atoms with Crippen molar-refractivity contribution in [1.82, 2.24) is 0 Å². The molecule has 1 saturated carbocycles. The van der Waals surface area contributed by atoms with Gasteiger partial charge in [0.15, 0.2) is 5.75 Å². The maximum atomic E-state index is 13.9. The van der Waals surface area contributed by atoms with Gasteiger partial charge >= 0.3 is 10.1 Å². The highest BCUT2D eigenvalue weighted by Gasteiger charge is 2.31. The highest BCUT2D eigenvalue weighted by atomic mass is 127. The second-order valence-corrected chi connectivity index (χ2v) is 14.2. The van der Waals surface area contributed by atoms with Gasteiger partial charge in [-0.1, -0.05) is 67.8 Å². The Balaban J connectivity index is 1.77. The molecule has 0 saturated heterocycles. The number of benzene rings is 4. The molecule has 0 atom stereocenters. The van der Waals surface area contributed by atoms with E-state index < -0.39 is 20.2 Å². The minimum Gasteiger partial charge on any atom is -0.378 e. The van der Waals surface area contributed by atoms with Crippen molar-refractivity contribution in [3.8, 4) is 5.75 Å². The SMILES string of the molecule is O=S(=O)(O)c1c2ccccc2c(OS(=O)(=O)c2cc(I)cc(I)c2C2CCCCC2)c2ccccc12. The molecule has 0 aliphatic heterocycles. The minimum atomic E-state index is -4.61. The third-order valence-electron chi connectivity index (χ3n) is 6.62. The van der Waals surface area contributed by atoms with Crippen molar-refractivity contribution < 1.29 is 25.6 Å². The molecule has 0 amide bonds. The molecule has 1 fully saturated rings. The molecule has 0 bridgehead atoms. The van der Waals surface area contributed by atoms with Crippen LogP contribution in [0.3, 0.4) is 0 Å². The molecule has 1 aliphatic rings. The van der Waals surface area contributed by atoms with Crippen molar-refractivity contribution in [3.63, 3.8) is 0 Å². The summed E-state index contributed by atoms with van der Waals surface area (Å²) in [4.78, 5) is -0.122. The highest BCUT2D eigenvalue weighted by Crippen LogP contribution is 2.44. The predicted molar refractivity (Wildman–Crippen MR) is 157 cm³/mol. The third kappa shape index (κ3) is 4.86. The van der Waals surface area contributed by atoms with Crippen LogP contribution in [0.2, 0.25) is 0 Å². The Morgan fingerprint density at radius 1 is 0.778 bits per heavy atom. The summed E-state index contributed by atoms with van der Waals surface area (Å²) in [6, 6.07) is 16.5. The molecular weight excluding hydrogens is 726 g/mol. The van der Waals surface area contributed by atoms with E-state index in [9.17, 15) is 21.4 Å². The lowest BCUT2D eigenvalue weighted by Gasteiger charge is -2.26. The topological polar surface area (TPSA) is 97.7 Å². The molecule has 0 aromatic heterocycles. The number of rotatable bonds is 5. The first-order chi connectivity index (χ1) is 17.1. The zero-order chi connectivity index (χ0) is 25.7. The third-order valence-corrected chi connectivity index (χ3v) is 10.4. The molecule has 0 unspecified atom stereocenters. The lowest BCUT2D eigenvalue weighted by molar-refractivity contribution is 0.433. The van der Waals surface area contributed by atoms with Crippen LogP contribution in [0.15, 0.2) is 70.5 Å². The second-order valence-electron chi connectivity index (χ2n) is 8.90. The Morgan fingerprint density at radius 2 is 1.31 bits per heavy atom. The number of fused-ring (bicyclic) bond motifs is 2. The monoisotopic (exact) mass is 748 g/mol. The Hall–Kier alpha value is -1.48. The molecule has 4 aromatic rings. The molecule has 188 valence electrons. The van der Waals surface area contributed by atoms with Crippen LogP contribution in [0.5, 0.6) is 5.75 Å². The van der Waals surface area contributed by atoms with E-state index in [1.807, 2.05) is 6.07 Å². The zero-order valence-corrected chi connectivity index (χ0v) is 24.9. The average Bonchev–Trinajstić information content (AvgIpc) is 2.83. The molecule has 6 nitrogen and oxygen atoms in total. The summed E-state index contributed by atoms with van der Waals surface area (Å²) in [5.41, 5.74) is 0.791. The first kappa shape index (κ1) is 26.1. The number of halogens is 2. The summed E-state index contributed by atoms with van der Waals surface area (Å²) in [5, 5.41) is 0.945. The van der Waals surface area contributed by atoms with Gasteiger partial charge in [0, 0.05) is 28.7 Å². The zero-order valence-electron chi connectivity index (χ0n) is 18.9. The van der Waals surface area contributed by atoms with Crippen molar-refractivity contribution in [1.29, 1.82) is 0 Å². The van der Waals surface area contributed by atoms with Crippen molar-refractivity contribution in [3.05, 3.63) is 73.4 Å². The van der Waals surface area contributed by atoms with Gasteiger partial charge in [-0.3, -0.25) is 4.55 Å². The summed E-state index contributed by atoms with van der Waals surface area (Å²) in [6.07, 6.45) is 5.11. The van der Waals surface area contributed by atoms with E-state index in [0.717, 1.165) is 44.8 Å². The van der Waals surface area contributed by atoms with Gasteiger partial charge < -0.3 is 4.18 Å². The van der Waals surface area contributed by atoms with Gasteiger partial charge in [0.25, 0.3) is 10.1 Å². The van der Waals surface area contributed by atoms with Crippen LogP contribution in [0.25, 0.3) is 21.5 Å².